The van der Waals surface area contributed by atoms with Crippen molar-refractivity contribution < 1.29 is 14.0 Å². The maximum absolute atomic E-state index is 12.4. The Morgan fingerprint density at radius 1 is 1.00 bits per heavy atom. The third kappa shape index (κ3) is 5.09. The zero-order valence-electron chi connectivity index (χ0n) is 15.7. The maximum Gasteiger partial charge on any atom is 0.266 e. The highest BCUT2D eigenvalue weighted by molar-refractivity contribution is 6.43. The van der Waals surface area contributed by atoms with Gasteiger partial charge < -0.3 is 15.1 Å². The zero-order chi connectivity index (χ0) is 21.7. The summed E-state index contributed by atoms with van der Waals surface area (Å²) in [7, 11) is 0. The number of carbonyl (C=O) groups excluding carboxylic acids is 2. The van der Waals surface area contributed by atoms with Crippen LogP contribution in [0.2, 0.25) is 10.0 Å². The van der Waals surface area contributed by atoms with Gasteiger partial charge in [-0.1, -0.05) is 29.3 Å². The predicted octanol–water partition coefficient (Wildman–Crippen LogP) is 5.76. The van der Waals surface area contributed by atoms with Gasteiger partial charge >= 0.3 is 0 Å². The number of furan rings is 1. The van der Waals surface area contributed by atoms with Crippen LogP contribution in [0, 0.1) is 11.3 Å². The number of anilines is 2. The minimum absolute atomic E-state index is 0.140. The molecule has 1 aromatic heterocycles. The summed E-state index contributed by atoms with van der Waals surface area (Å²) in [5, 5.41) is 15.4. The normalized spacial score (nSPS) is 10.9. The van der Waals surface area contributed by atoms with Crippen LogP contribution in [0.1, 0.15) is 12.7 Å². The monoisotopic (exact) mass is 439 g/mol. The van der Waals surface area contributed by atoms with Gasteiger partial charge in [-0.05, 0) is 48.5 Å². The molecule has 3 aromatic rings. The standard InChI is InChI=1S/C22H15Cl2N3O3/c1-13(28)26-15-5-7-16(8-6-15)27-22(29)14(12-25)11-17-9-10-20(30-17)18-3-2-4-19(23)21(18)24/h2-11H,1H3,(H,26,28)(H,27,29)/b14-11+. The van der Waals surface area contributed by atoms with Gasteiger partial charge in [0.1, 0.15) is 23.2 Å². The van der Waals surface area contributed by atoms with Gasteiger partial charge in [-0.15, -0.1) is 0 Å². The lowest BCUT2D eigenvalue weighted by atomic mass is 10.2. The summed E-state index contributed by atoms with van der Waals surface area (Å²) in [6.07, 6.45) is 1.34. The molecule has 30 heavy (non-hydrogen) atoms. The number of nitrogens with one attached hydrogen (secondary N) is 2. The van der Waals surface area contributed by atoms with E-state index in [1.807, 2.05) is 6.07 Å². The molecule has 0 saturated carbocycles. The molecule has 8 heteroatoms. The van der Waals surface area contributed by atoms with Gasteiger partial charge in [0.2, 0.25) is 5.91 Å². The van der Waals surface area contributed by atoms with Crippen LogP contribution in [0.15, 0.2) is 64.6 Å². The number of hydrogen-bond donors (Lipinski definition) is 2. The van der Waals surface area contributed by atoms with Gasteiger partial charge in [0.15, 0.2) is 0 Å². The lowest BCUT2D eigenvalue weighted by Gasteiger charge is -2.06. The van der Waals surface area contributed by atoms with Crippen molar-refractivity contribution >= 4 is 52.5 Å². The van der Waals surface area contributed by atoms with Gasteiger partial charge in [-0.25, -0.2) is 0 Å². The second kappa shape index (κ2) is 9.31. The third-order valence-corrected chi connectivity index (χ3v) is 4.78. The summed E-state index contributed by atoms with van der Waals surface area (Å²) in [5.41, 5.74) is 1.53. The summed E-state index contributed by atoms with van der Waals surface area (Å²) < 4.78 is 5.70. The molecule has 2 aromatic carbocycles. The first kappa shape index (κ1) is 21.2. The van der Waals surface area contributed by atoms with Gasteiger partial charge in [0.25, 0.3) is 5.91 Å². The van der Waals surface area contributed by atoms with Crippen LogP contribution < -0.4 is 10.6 Å². The second-order valence-electron chi connectivity index (χ2n) is 6.19. The molecule has 0 aliphatic carbocycles. The molecule has 0 radical (unpaired) electrons. The molecule has 0 unspecified atom stereocenters. The van der Waals surface area contributed by atoms with E-state index in [4.69, 9.17) is 27.6 Å². The molecule has 6 nitrogen and oxygen atoms in total. The fraction of sp³-hybridized carbons (Fsp3) is 0.0455. The van der Waals surface area contributed by atoms with Crippen LogP contribution in [0.5, 0.6) is 0 Å². The molecule has 3 rings (SSSR count). The molecule has 0 atom stereocenters. The fourth-order valence-corrected chi connectivity index (χ4v) is 2.99. The SMILES string of the molecule is CC(=O)Nc1ccc(NC(=O)/C(C#N)=C/c2ccc(-c3cccc(Cl)c3Cl)o2)cc1. The van der Waals surface area contributed by atoms with Gasteiger partial charge in [-0.2, -0.15) is 5.26 Å². The Morgan fingerprint density at radius 3 is 2.30 bits per heavy atom. The van der Waals surface area contributed by atoms with Gasteiger partial charge in [0, 0.05) is 29.9 Å². The molecule has 0 aliphatic heterocycles. The van der Waals surface area contributed by atoms with Gasteiger partial charge in [-0.3, -0.25) is 9.59 Å². The molecule has 2 N–H and O–H groups in total. The Balaban J connectivity index is 1.76. The molecule has 0 aliphatic rings. The molecule has 0 spiro atoms. The van der Waals surface area contributed by atoms with Crippen LogP contribution in [-0.4, -0.2) is 11.8 Å². The number of benzene rings is 2. The van der Waals surface area contributed by atoms with Crippen LogP contribution in [-0.2, 0) is 9.59 Å². The quantitative estimate of drug-likeness (QED) is 0.390. The van der Waals surface area contributed by atoms with Crippen molar-refractivity contribution in [3.8, 4) is 17.4 Å². The summed E-state index contributed by atoms with van der Waals surface area (Å²) in [6, 6.07) is 16.8. The highest BCUT2D eigenvalue weighted by Crippen LogP contribution is 2.34. The highest BCUT2D eigenvalue weighted by atomic mass is 35.5. The Morgan fingerprint density at radius 2 is 1.67 bits per heavy atom. The van der Waals surface area contributed by atoms with E-state index in [1.54, 1.807) is 54.6 Å². The first-order chi connectivity index (χ1) is 14.4. The molecular formula is C22H15Cl2N3O3. The van der Waals surface area contributed by atoms with Crippen LogP contribution >= 0.6 is 23.2 Å². The van der Waals surface area contributed by atoms with Crippen LogP contribution in [0.3, 0.4) is 0 Å². The number of nitrogens with zero attached hydrogens (tertiary/aromatic N) is 1. The van der Waals surface area contributed by atoms with Crippen molar-refractivity contribution in [1.29, 1.82) is 5.26 Å². The molecule has 1 heterocycles. The van der Waals surface area contributed by atoms with E-state index in [2.05, 4.69) is 10.6 Å². The Labute approximate surface area is 182 Å². The van der Waals surface area contributed by atoms with Crippen molar-refractivity contribution in [3.05, 3.63) is 76.0 Å². The minimum atomic E-state index is -0.594. The summed E-state index contributed by atoms with van der Waals surface area (Å²) in [4.78, 5) is 23.5. The summed E-state index contributed by atoms with van der Waals surface area (Å²) >= 11 is 12.2. The fourth-order valence-electron chi connectivity index (χ4n) is 2.60. The van der Waals surface area contributed by atoms with Crippen molar-refractivity contribution in [2.45, 2.75) is 6.92 Å². The van der Waals surface area contributed by atoms with E-state index in [1.165, 1.54) is 13.0 Å². The number of rotatable bonds is 5. The van der Waals surface area contributed by atoms with E-state index in [0.29, 0.717) is 38.5 Å². The maximum atomic E-state index is 12.4. The summed E-state index contributed by atoms with van der Waals surface area (Å²) in [6.45, 7) is 1.40. The molecule has 0 saturated heterocycles. The van der Waals surface area contributed by atoms with Crippen molar-refractivity contribution in [2.24, 2.45) is 0 Å². The molecular weight excluding hydrogens is 425 g/mol. The van der Waals surface area contributed by atoms with Crippen LogP contribution in [0.25, 0.3) is 17.4 Å². The third-order valence-electron chi connectivity index (χ3n) is 3.96. The molecule has 2 amide bonds. The largest absolute Gasteiger partial charge is 0.457 e. The number of hydrogen-bond acceptors (Lipinski definition) is 4. The van der Waals surface area contributed by atoms with E-state index >= 15 is 0 Å². The Bertz CT molecular complexity index is 1180. The lowest BCUT2D eigenvalue weighted by Crippen LogP contribution is -2.13. The number of carbonyl (C=O) groups is 2. The van der Waals surface area contributed by atoms with Crippen molar-refractivity contribution in [1.82, 2.24) is 0 Å². The highest BCUT2D eigenvalue weighted by Gasteiger charge is 2.13. The Kier molecular flexibility index (Phi) is 6.58. The van der Waals surface area contributed by atoms with E-state index in [9.17, 15) is 14.9 Å². The number of halogens is 2. The van der Waals surface area contributed by atoms with Crippen LogP contribution in [0.4, 0.5) is 11.4 Å². The zero-order valence-corrected chi connectivity index (χ0v) is 17.2. The van der Waals surface area contributed by atoms with E-state index in [-0.39, 0.29) is 11.5 Å². The molecule has 0 fully saturated rings. The van der Waals surface area contributed by atoms with Crippen molar-refractivity contribution in [2.75, 3.05) is 10.6 Å². The second-order valence-corrected chi connectivity index (χ2v) is 6.97. The van der Waals surface area contributed by atoms with Crippen molar-refractivity contribution in [3.63, 3.8) is 0 Å². The smallest absolute Gasteiger partial charge is 0.266 e. The Hall–Kier alpha value is -3.53. The first-order valence-corrected chi connectivity index (χ1v) is 9.48. The van der Waals surface area contributed by atoms with E-state index in [0.717, 1.165) is 0 Å². The first-order valence-electron chi connectivity index (χ1n) is 8.72. The molecule has 150 valence electrons. The minimum Gasteiger partial charge on any atom is -0.457 e. The number of nitriles is 1. The average molecular weight is 440 g/mol. The van der Waals surface area contributed by atoms with E-state index < -0.39 is 5.91 Å². The predicted molar refractivity (Wildman–Crippen MR) is 117 cm³/mol. The van der Waals surface area contributed by atoms with Gasteiger partial charge in [0.05, 0.1) is 10.0 Å². The summed E-state index contributed by atoms with van der Waals surface area (Å²) in [5.74, 6) is -0.0179. The lowest BCUT2D eigenvalue weighted by molar-refractivity contribution is -0.114. The molecule has 0 bridgehead atoms. The average Bonchev–Trinajstić information content (AvgIpc) is 3.17. The topological polar surface area (TPSA) is 95.1 Å². The number of amides is 2.